The molecule has 168 valence electrons. The van der Waals surface area contributed by atoms with Gasteiger partial charge in [0.15, 0.2) is 12.6 Å². The van der Waals surface area contributed by atoms with Crippen molar-refractivity contribution in [3.05, 3.63) is 0 Å². The topological polar surface area (TPSA) is 207 Å². The van der Waals surface area contributed by atoms with Crippen LogP contribution in [0, 0.1) is 0 Å². The molecule has 0 radical (unpaired) electrons. The maximum atomic E-state index is 11.5. The van der Waals surface area contributed by atoms with Gasteiger partial charge >= 0.3 is 0 Å². The Labute approximate surface area is 166 Å². The van der Waals surface area contributed by atoms with Gasteiger partial charge in [0.05, 0.1) is 13.2 Å². The molecule has 10 atom stereocenters. The van der Waals surface area contributed by atoms with E-state index in [9.17, 15) is 40.2 Å². The quantitative estimate of drug-likeness (QED) is 0.202. The van der Waals surface area contributed by atoms with Crippen molar-refractivity contribution in [2.24, 2.45) is 0 Å². The first kappa shape index (κ1) is 23.9. The highest BCUT2D eigenvalue weighted by atomic mass is 16.7. The van der Waals surface area contributed by atoms with Crippen molar-refractivity contribution in [3.63, 3.8) is 0 Å². The second kappa shape index (κ2) is 10.1. The lowest BCUT2D eigenvalue weighted by atomic mass is 9.94. The summed E-state index contributed by atoms with van der Waals surface area (Å²) in [4.78, 5) is 22.8. The highest BCUT2D eigenvalue weighted by Crippen LogP contribution is 2.28. The van der Waals surface area contributed by atoms with Crippen LogP contribution in [0.3, 0.4) is 0 Å². The molecule has 2 aliphatic rings. The summed E-state index contributed by atoms with van der Waals surface area (Å²) in [5.74, 6) is -1.14. The predicted octanol–water partition coefficient (Wildman–Crippen LogP) is -5.11. The Balaban J connectivity index is 2.26. The Morgan fingerprint density at radius 3 is 1.90 bits per heavy atom. The Morgan fingerprint density at radius 1 is 0.828 bits per heavy atom. The van der Waals surface area contributed by atoms with Crippen LogP contribution in [0.25, 0.3) is 0 Å². The van der Waals surface area contributed by atoms with Gasteiger partial charge in [-0.3, -0.25) is 9.59 Å². The number of hydrogen-bond acceptors (Lipinski definition) is 11. The number of amides is 2. The smallest absolute Gasteiger partial charge is 0.217 e. The third-order valence-corrected chi connectivity index (χ3v) is 4.78. The van der Waals surface area contributed by atoms with Crippen LogP contribution in [-0.2, 0) is 23.8 Å². The lowest BCUT2D eigenvalue weighted by Gasteiger charge is -2.47. The van der Waals surface area contributed by atoms with Gasteiger partial charge in [-0.2, -0.15) is 0 Å². The summed E-state index contributed by atoms with van der Waals surface area (Å²) in [7, 11) is 0. The Bertz CT molecular complexity index is 579. The third kappa shape index (κ3) is 5.39. The summed E-state index contributed by atoms with van der Waals surface area (Å²) in [6.45, 7) is 0.962. The summed E-state index contributed by atoms with van der Waals surface area (Å²) >= 11 is 0. The molecule has 2 amide bonds. The number of ether oxygens (including phenoxy) is 3. The van der Waals surface area contributed by atoms with Gasteiger partial charge in [0.1, 0.15) is 48.7 Å². The fourth-order valence-corrected chi connectivity index (χ4v) is 3.38. The molecule has 0 aromatic carbocycles. The molecular weight excluding hydrogens is 396 g/mol. The van der Waals surface area contributed by atoms with Crippen LogP contribution < -0.4 is 10.6 Å². The van der Waals surface area contributed by atoms with Gasteiger partial charge in [-0.05, 0) is 0 Å². The molecule has 0 saturated carbocycles. The fraction of sp³-hybridized carbons (Fsp3) is 0.875. The zero-order valence-electron chi connectivity index (χ0n) is 15.9. The van der Waals surface area contributed by atoms with Crippen LogP contribution in [0.15, 0.2) is 0 Å². The van der Waals surface area contributed by atoms with E-state index in [1.807, 2.05) is 0 Å². The van der Waals surface area contributed by atoms with Crippen molar-refractivity contribution in [2.45, 2.75) is 75.1 Å². The maximum absolute atomic E-state index is 11.5. The number of hydrogen-bond donors (Lipinski definition) is 8. The highest BCUT2D eigenvalue weighted by molar-refractivity contribution is 5.73. The fourth-order valence-electron chi connectivity index (χ4n) is 3.38. The Hall–Kier alpha value is -1.42. The van der Waals surface area contributed by atoms with Crippen molar-refractivity contribution < 1.29 is 54.4 Å². The van der Waals surface area contributed by atoms with Gasteiger partial charge in [0.2, 0.25) is 11.8 Å². The van der Waals surface area contributed by atoms with Crippen molar-refractivity contribution in [2.75, 3.05) is 13.2 Å². The van der Waals surface area contributed by atoms with Gasteiger partial charge in [-0.1, -0.05) is 0 Å². The van der Waals surface area contributed by atoms with E-state index in [4.69, 9.17) is 14.2 Å². The van der Waals surface area contributed by atoms with E-state index in [1.165, 1.54) is 0 Å². The average molecular weight is 424 g/mol. The summed E-state index contributed by atoms with van der Waals surface area (Å²) in [5.41, 5.74) is 0. The van der Waals surface area contributed by atoms with E-state index in [-0.39, 0.29) is 0 Å². The minimum absolute atomic E-state index is 0.568. The van der Waals surface area contributed by atoms with Crippen molar-refractivity contribution in [1.29, 1.82) is 0 Å². The zero-order chi connectivity index (χ0) is 21.9. The zero-order valence-corrected chi connectivity index (χ0v) is 15.9. The first-order valence-corrected chi connectivity index (χ1v) is 9.05. The summed E-state index contributed by atoms with van der Waals surface area (Å²) < 4.78 is 16.3. The standard InChI is InChI=1S/C16H28N2O11/c1-5(21)17-9-13(25)14(8(4-20)27-15(9)26)29-16-10(18-6(2)22)12(24)11(23)7(3-19)28-16/h7-16,19-20,23-26H,3-4H2,1-2H3,(H,17,21)(H,18,22)/t7-,8-,9-,10-,11-,12-,13-,14-,15-,16-/m1/s1. The number of aliphatic hydroxyl groups excluding tert-OH is 6. The van der Waals surface area contributed by atoms with E-state index in [0.29, 0.717) is 0 Å². The largest absolute Gasteiger partial charge is 0.394 e. The van der Waals surface area contributed by atoms with Crippen LogP contribution in [-0.4, -0.2) is 117 Å². The predicted molar refractivity (Wildman–Crippen MR) is 91.8 cm³/mol. The van der Waals surface area contributed by atoms with Crippen molar-refractivity contribution in [3.8, 4) is 0 Å². The maximum Gasteiger partial charge on any atom is 0.217 e. The van der Waals surface area contributed by atoms with E-state index < -0.39 is 86.3 Å². The molecule has 2 heterocycles. The summed E-state index contributed by atoms with van der Waals surface area (Å²) in [5, 5.41) is 64.5. The van der Waals surface area contributed by atoms with Crippen LogP contribution in [0.5, 0.6) is 0 Å². The molecule has 8 N–H and O–H groups in total. The molecule has 13 nitrogen and oxygen atoms in total. The first-order chi connectivity index (χ1) is 13.6. The molecule has 2 saturated heterocycles. The number of carbonyl (C=O) groups is 2. The molecule has 0 spiro atoms. The number of aliphatic hydroxyl groups is 6. The van der Waals surface area contributed by atoms with Crippen LogP contribution in [0.1, 0.15) is 13.8 Å². The molecular formula is C16H28N2O11. The second-order valence-electron chi connectivity index (χ2n) is 7.00. The van der Waals surface area contributed by atoms with Crippen LogP contribution in [0.4, 0.5) is 0 Å². The third-order valence-electron chi connectivity index (χ3n) is 4.78. The van der Waals surface area contributed by atoms with E-state index in [0.717, 1.165) is 13.8 Å². The van der Waals surface area contributed by atoms with Crippen LogP contribution in [0.2, 0.25) is 0 Å². The Kier molecular flexibility index (Phi) is 8.28. The van der Waals surface area contributed by atoms with Crippen molar-refractivity contribution >= 4 is 11.8 Å². The average Bonchev–Trinajstić information content (AvgIpc) is 2.65. The van der Waals surface area contributed by atoms with E-state index in [1.54, 1.807) is 0 Å². The van der Waals surface area contributed by atoms with Gasteiger partial charge in [-0.25, -0.2) is 0 Å². The molecule has 29 heavy (non-hydrogen) atoms. The lowest BCUT2D eigenvalue weighted by Crippen LogP contribution is -2.69. The molecule has 0 aromatic heterocycles. The molecule has 0 unspecified atom stereocenters. The van der Waals surface area contributed by atoms with Gasteiger partial charge in [0, 0.05) is 13.8 Å². The molecule has 2 rings (SSSR count). The molecule has 0 aromatic rings. The summed E-state index contributed by atoms with van der Waals surface area (Å²) in [6.07, 6.45) is -11.7. The molecule has 13 heteroatoms. The minimum Gasteiger partial charge on any atom is -0.394 e. The second-order valence-corrected chi connectivity index (χ2v) is 7.00. The lowest BCUT2D eigenvalue weighted by molar-refractivity contribution is -0.327. The number of rotatable bonds is 6. The minimum atomic E-state index is -1.64. The van der Waals surface area contributed by atoms with E-state index >= 15 is 0 Å². The normalized spacial score (nSPS) is 42.9. The van der Waals surface area contributed by atoms with Gasteiger partial charge < -0.3 is 55.5 Å². The van der Waals surface area contributed by atoms with Crippen LogP contribution >= 0.6 is 0 Å². The monoisotopic (exact) mass is 424 g/mol. The SMILES string of the molecule is CC(=O)N[C@@H]1[C@@H](O)[C@H](O[C@H]2O[C@H](CO)[C@@H](O)[C@H](O)[C@H]2NC(C)=O)[C@@H](CO)O[C@H]1O. The number of nitrogens with one attached hydrogen (secondary N) is 2. The molecule has 0 bridgehead atoms. The Morgan fingerprint density at radius 2 is 1.38 bits per heavy atom. The molecule has 2 fully saturated rings. The number of carbonyl (C=O) groups excluding carboxylic acids is 2. The van der Waals surface area contributed by atoms with Crippen molar-refractivity contribution in [1.82, 2.24) is 10.6 Å². The van der Waals surface area contributed by atoms with E-state index in [2.05, 4.69) is 10.6 Å². The first-order valence-electron chi connectivity index (χ1n) is 9.05. The van der Waals surface area contributed by atoms with Gasteiger partial charge in [0.25, 0.3) is 0 Å². The van der Waals surface area contributed by atoms with Gasteiger partial charge in [-0.15, -0.1) is 0 Å². The molecule has 0 aliphatic carbocycles. The molecule has 2 aliphatic heterocycles. The highest BCUT2D eigenvalue weighted by Gasteiger charge is 2.51. The summed E-state index contributed by atoms with van der Waals surface area (Å²) in [6, 6.07) is -2.59.